The molecule has 1 unspecified atom stereocenters. The van der Waals surface area contributed by atoms with E-state index in [1.165, 1.54) is 12.5 Å². The van der Waals surface area contributed by atoms with E-state index in [-0.39, 0.29) is 11.6 Å². The highest BCUT2D eigenvalue weighted by molar-refractivity contribution is 5.89. The van der Waals surface area contributed by atoms with Crippen LogP contribution in [0.5, 0.6) is 0 Å². The Bertz CT molecular complexity index is 1220. The number of alkyl halides is 1. The summed E-state index contributed by atoms with van der Waals surface area (Å²) in [4.78, 5) is 22.0. The van der Waals surface area contributed by atoms with Gasteiger partial charge in [0, 0.05) is 54.7 Å². The van der Waals surface area contributed by atoms with E-state index in [9.17, 15) is 9.65 Å². The Hall–Kier alpha value is -3.87. The van der Waals surface area contributed by atoms with E-state index in [2.05, 4.69) is 36.1 Å². The molecule has 0 aromatic carbocycles. The molecule has 10 heteroatoms. The highest BCUT2D eigenvalue weighted by Crippen LogP contribution is 2.33. The smallest absolute Gasteiger partial charge is 0.183 e. The van der Waals surface area contributed by atoms with Gasteiger partial charge in [-0.3, -0.25) is 4.68 Å². The lowest BCUT2D eigenvalue weighted by molar-refractivity contribution is 0.257. The van der Waals surface area contributed by atoms with E-state index in [1.807, 2.05) is 23.4 Å². The van der Waals surface area contributed by atoms with Crippen molar-refractivity contribution in [1.29, 1.82) is 5.26 Å². The molecule has 2 atom stereocenters. The Balaban J connectivity index is 1.39. The number of hydrogen-bond acceptors (Lipinski definition) is 7. The van der Waals surface area contributed by atoms with Gasteiger partial charge >= 0.3 is 0 Å². The van der Waals surface area contributed by atoms with Crippen LogP contribution in [0.2, 0.25) is 0 Å². The lowest BCUT2D eigenvalue weighted by Gasteiger charge is -2.22. The summed E-state index contributed by atoms with van der Waals surface area (Å²) in [6.45, 7) is 0.750. The third kappa shape index (κ3) is 3.04. The Labute approximate surface area is 171 Å². The fourth-order valence-corrected chi connectivity index (χ4v) is 4.09. The first-order valence-corrected chi connectivity index (χ1v) is 9.63. The summed E-state index contributed by atoms with van der Waals surface area (Å²) in [5, 5.41) is 14.6. The minimum Gasteiger partial charge on any atom is -0.354 e. The summed E-state index contributed by atoms with van der Waals surface area (Å²) in [6.07, 6.45) is 10.7. The molecular weight excluding hydrogens is 385 g/mol. The Kier molecular flexibility index (Phi) is 4.55. The van der Waals surface area contributed by atoms with E-state index >= 15 is 0 Å². The van der Waals surface area contributed by atoms with Gasteiger partial charge in [-0.15, -0.1) is 0 Å². The zero-order valence-electron chi connectivity index (χ0n) is 16.0. The van der Waals surface area contributed by atoms with Crippen LogP contribution in [0.25, 0.3) is 22.3 Å². The van der Waals surface area contributed by atoms with Crippen LogP contribution in [0.1, 0.15) is 18.2 Å². The number of H-pyrrole nitrogens is 1. The number of aromatic amines is 1. The summed E-state index contributed by atoms with van der Waals surface area (Å²) < 4.78 is 15.8. The van der Waals surface area contributed by atoms with Crippen molar-refractivity contribution >= 4 is 16.9 Å². The molecule has 1 N–H and O–H groups in total. The standard InChI is InChI=1S/C20H18FN9/c21-7-17(13-2-6-29(10-13)20-16(8-22)23-4-5-25-20)30-11-14(9-28-30)18-15-1-3-24-19(15)27-12-26-18/h1,3-5,9,11-13,17H,2,6-7,10H2,(H,24,26,27)/t13-,17?/m0/s1. The van der Waals surface area contributed by atoms with Gasteiger partial charge in [-0.1, -0.05) is 0 Å². The van der Waals surface area contributed by atoms with Crippen molar-refractivity contribution in [3.63, 3.8) is 0 Å². The first-order valence-electron chi connectivity index (χ1n) is 9.63. The van der Waals surface area contributed by atoms with Crippen LogP contribution in [-0.2, 0) is 0 Å². The first kappa shape index (κ1) is 18.2. The molecule has 0 spiro atoms. The van der Waals surface area contributed by atoms with Crippen LogP contribution in [0.15, 0.2) is 43.4 Å². The number of nitrogens with one attached hydrogen (secondary N) is 1. The van der Waals surface area contributed by atoms with Crippen LogP contribution in [0.3, 0.4) is 0 Å². The lowest BCUT2D eigenvalue weighted by Crippen LogP contribution is -2.27. The largest absolute Gasteiger partial charge is 0.354 e. The zero-order valence-corrected chi connectivity index (χ0v) is 16.0. The van der Waals surface area contributed by atoms with E-state index in [4.69, 9.17) is 0 Å². The molecule has 0 saturated carbocycles. The number of nitrogens with zero attached hydrogens (tertiary/aromatic N) is 8. The maximum atomic E-state index is 14.1. The molecule has 1 saturated heterocycles. The molecule has 150 valence electrons. The van der Waals surface area contributed by atoms with E-state index < -0.39 is 12.7 Å². The second-order valence-electron chi connectivity index (χ2n) is 7.23. The summed E-state index contributed by atoms with van der Waals surface area (Å²) in [5.41, 5.74) is 2.61. The molecule has 0 amide bonds. The lowest BCUT2D eigenvalue weighted by atomic mass is 10.0. The molecule has 1 aliphatic heterocycles. The van der Waals surface area contributed by atoms with E-state index in [0.717, 1.165) is 28.7 Å². The quantitative estimate of drug-likeness (QED) is 0.545. The van der Waals surface area contributed by atoms with Gasteiger partial charge in [0.2, 0.25) is 0 Å². The fourth-order valence-electron chi connectivity index (χ4n) is 4.09. The number of rotatable bonds is 5. The number of fused-ring (bicyclic) bond motifs is 1. The second-order valence-corrected chi connectivity index (χ2v) is 7.23. The highest BCUT2D eigenvalue weighted by atomic mass is 19.1. The van der Waals surface area contributed by atoms with Crippen molar-refractivity contribution in [2.24, 2.45) is 5.92 Å². The molecule has 9 nitrogen and oxygen atoms in total. The topological polar surface area (TPSA) is 112 Å². The summed E-state index contributed by atoms with van der Waals surface area (Å²) in [7, 11) is 0. The molecule has 1 aliphatic rings. The molecule has 30 heavy (non-hydrogen) atoms. The molecule has 5 rings (SSSR count). The average Bonchev–Trinajstić information content (AvgIpc) is 3.55. The minimum absolute atomic E-state index is 0.0361. The van der Waals surface area contributed by atoms with Gasteiger partial charge in [0.15, 0.2) is 11.5 Å². The van der Waals surface area contributed by atoms with Crippen LogP contribution in [0.4, 0.5) is 10.2 Å². The molecule has 5 heterocycles. The van der Waals surface area contributed by atoms with Crippen LogP contribution in [0, 0.1) is 17.2 Å². The van der Waals surface area contributed by atoms with Crippen LogP contribution in [-0.4, -0.2) is 54.5 Å². The summed E-state index contributed by atoms with van der Waals surface area (Å²) in [6, 6.07) is 3.58. The number of hydrogen-bond donors (Lipinski definition) is 1. The van der Waals surface area contributed by atoms with Gasteiger partial charge < -0.3 is 9.88 Å². The molecule has 0 radical (unpaired) electrons. The molecule has 0 bridgehead atoms. The van der Waals surface area contributed by atoms with Gasteiger partial charge in [-0.2, -0.15) is 10.4 Å². The number of anilines is 1. The normalized spacial score (nSPS) is 17.3. The molecule has 4 aromatic rings. The molecule has 4 aromatic heterocycles. The van der Waals surface area contributed by atoms with E-state index in [0.29, 0.717) is 18.9 Å². The van der Waals surface area contributed by atoms with Crippen molar-refractivity contribution in [3.8, 4) is 17.3 Å². The fraction of sp³-hybridized carbons (Fsp3) is 0.300. The van der Waals surface area contributed by atoms with Gasteiger partial charge in [-0.25, -0.2) is 24.3 Å². The van der Waals surface area contributed by atoms with Crippen LogP contribution < -0.4 is 4.90 Å². The maximum Gasteiger partial charge on any atom is 0.183 e. The van der Waals surface area contributed by atoms with Gasteiger partial charge in [0.1, 0.15) is 24.7 Å². The number of nitriles is 1. The van der Waals surface area contributed by atoms with E-state index in [1.54, 1.807) is 17.1 Å². The van der Waals surface area contributed by atoms with Gasteiger partial charge in [0.05, 0.1) is 17.9 Å². The second kappa shape index (κ2) is 7.51. The Morgan fingerprint density at radius 1 is 1.27 bits per heavy atom. The van der Waals surface area contributed by atoms with Gasteiger partial charge in [0.25, 0.3) is 0 Å². The Morgan fingerprint density at radius 2 is 2.17 bits per heavy atom. The SMILES string of the molecule is N#Cc1nccnc1N1CC[C@H](C(CF)n2cc(-c3ncnc4[nH]ccc34)cn2)C1. The van der Waals surface area contributed by atoms with Crippen molar-refractivity contribution in [2.45, 2.75) is 12.5 Å². The maximum absolute atomic E-state index is 14.1. The molecule has 1 fully saturated rings. The molecular formula is C20H18FN9. The summed E-state index contributed by atoms with van der Waals surface area (Å²) in [5.74, 6) is 0.589. The van der Waals surface area contributed by atoms with Crippen molar-refractivity contribution < 1.29 is 4.39 Å². The number of halogens is 1. The average molecular weight is 403 g/mol. The van der Waals surface area contributed by atoms with Crippen LogP contribution >= 0.6 is 0 Å². The summed E-state index contributed by atoms with van der Waals surface area (Å²) >= 11 is 0. The highest BCUT2D eigenvalue weighted by Gasteiger charge is 2.33. The monoisotopic (exact) mass is 403 g/mol. The molecule has 0 aliphatic carbocycles. The number of aromatic nitrogens is 7. The third-order valence-electron chi connectivity index (χ3n) is 5.58. The van der Waals surface area contributed by atoms with Gasteiger partial charge in [-0.05, 0) is 12.5 Å². The minimum atomic E-state index is -0.533. The zero-order chi connectivity index (χ0) is 20.5. The predicted octanol–water partition coefficient (Wildman–Crippen LogP) is 2.52. The Morgan fingerprint density at radius 3 is 3.03 bits per heavy atom. The van der Waals surface area contributed by atoms with Crippen molar-refractivity contribution in [1.82, 2.24) is 34.7 Å². The van der Waals surface area contributed by atoms with Crippen molar-refractivity contribution in [2.75, 3.05) is 24.7 Å². The van der Waals surface area contributed by atoms with Crippen molar-refractivity contribution in [3.05, 3.63) is 49.1 Å². The third-order valence-corrected chi connectivity index (χ3v) is 5.58. The first-order chi connectivity index (χ1) is 14.8. The predicted molar refractivity (Wildman–Crippen MR) is 107 cm³/mol.